The van der Waals surface area contributed by atoms with E-state index >= 15 is 0 Å². The van der Waals surface area contributed by atoms with E-state index in [0.29, 0.717) is 23.0 Å². The fourth-order valence-corrected chi connectivity index (χ4v) is 10.4. The van der Waals surface area contributed by atoms with Crippen molar-refractivity contribution in [3.8, 4) is 66.1 Å². The van der Waals surface area contributed by atoms with Gasteiger partial charge in [0.25, 0.3) is 0 Å². The molecule has 0 atom stereocenters. The number of rotatable bonds is 4. The van der Waals surface area contributed by atoms with E-state index < -0.39 is 21.7 Å². The summed E-state index contributed by atoms with van der Waals surface area (Å²) in [5.41, 5.74) is 9.95. The normalized spacial score (nSPS) is 13.8. The first-order valence-electron chi connectivity index (χ1n) is 23.7. The molecule has 0 unspecified atom stereocenters. The van der Waals surface area contributed by atoms with Crippen LogP contribution in [0.2, 0.25) is 0 Å². The summed E-state index contributed by atoms with van der Waals surface area (Å²) >= 11 is 1.74. The van der Waals surface area contributed by atoms with E-state index in [9.17, 15) is 20.4 Å². The summed E-state index contributed by atoms with van der Waals surface area (Å²) in [5.74, 6) is 1.29. The fourth-order valence-electron chi connectivity index (χ4n) is 9.05. The molecule has 5 heteroatoms. The lowest BCUT2D eigenvalue weighted by molar-refractivity contribution is 0.422. The first kappa shape index (κ1) is 51.8. The molecule has 0 bridgehead atoms. The minimum atomic E-state index is -0.395. The Bertz CT molecular complexity index is 2310. The van der Waals surface area contributed by atoms with Crippen molar-refractivity contribution < 1.29 is 20.4 Å². The Balaban J connectivity index is 2.28. The summed E-state index contributed by atoms with van der Waals surface area (Å²) in [4.78, 5) is 2.09. The van der Waals surface area contributed by atoms with Crippen LogP contribution < -0.4 is 0 Å². The van der Waals surface area contributed by atoms with Gasteiger partial charge in [0.15, 0.2) is 0 Å². The van der Waals surface area contributed by atoms with Gasteiger partial charge in [-0.15, -0.1) is 11.3 Å². The maximum atomic E-state index is 12.2. The lowest BCUT2D eigenvalue weighted by atomic mass is 9.75. The average molecular weight is 901 g/mol. The number of thiophene rings is 1. The Labute approximate surface area is 398 Å². The van der Waals surface area contributed by atoms with E-state index in [4.69, 9.17) is 0 Å². The van der Waals surface area contributed by atoms with Crippen molar-refractivity contribution in [3.63, 3.8) is 0 Å². The summed E-state index contributed by atoms with van der Waals surface area (Å²) in [6.07, 6.45) is 0. The molecule has 0 aliphatic carbocycles. The predicted octanol–water partition coefficient (Wildman–Crippen LogP) is 17.6. The molecule has 4 aromatic carbocycles. The average Bonchev–Trinajstić information content (AvgIpc) is 3.48. The second kappa shape index (κ2) is 16.2. The first-order valence-corrected chi connectivity index (χ1v) is 24.5. The Hall–Kier alpha value is -4.22. The first-order chi connectivity index (χ1) is 29.0. The van der Waals surface area contributed by atoms with Crippen molar-refractivity contribution in [1.82, 2.24) is 0 Å². The summed E-state index contributed by atoms with van der Waals surface area (Å²) in [5, 5.41) is 48.7. The van der Waals surface area contributed by atoms with Gasteiger partial charge in [-0.2, -0.15) is 0 Å². The second-order valence-corrected chi connectivity index (χ2v) is 28.2. The third kappa shape index (κ3) is 10.2. The zero-order valence-corrected chi connectivity index (χ0v) is 45.6. The zero-order chi connectivity index (χ0) is 49.9. The molecule has 1 heterocycles. The van der Waals surface area contributed by atoms with Crippen molar-refractivity contribution in [2.45, 2.75) is 209 Å². The molecule has 0 radical (unpaired) electrons. The molecule has 5 aromatic rings. The lowest BCUT2D eigenvalue weighted by Gasteiger charge is -2.30. The Morgan fingerprint density at radius 2 is 0.385 bits per heavy atom. The van der Waals surface area contributed by atoms with Gasteiger partial charge in [-0.3, -0.25) is 0 Å². The van der Waals surface area contributed by atoms with Gasteiger partial charge < -0.3 is 20.4 Å². The second-order valence-electron chi connectivity index (χ2n) is 27.2. The van der Waals surface area contributed by atoms with Crippen LogP contribution in [0, 0.1) is 0 Å². The molecular weight excluding hydrogens is 817 g/mol. The van der Waals surface area contributed by atoms with Gasteiger partial charge in [-0.05, 0) is 114 Å². The molecule has 4 nitrogen and oxygen atoms in total. The highest BCUT2D eigenvalue weighted by atomic mass is 32.1. The third-order valence-corrected chi connectivity index (χ3v) is 14.2. The Kier molecular flexibility index (Phi) is 12.9. The summed E-state index contributed by atoms with van der Waals surface area (Å²) in [6.45, 7) is 51.8. The maximum absolute atomic E-state index is 12.2. The molecule has 0 aliphatic heterocycles. The van der Waals surface area contributed by atoms with Gasteiger partial charge in [0.1, 0.15) is 23.0 Å². The molecule has 0 fully saturated rings. The van der Waals surface area contributed by atoms with Gasteiger partial charge in [0.05, 0.1) is 0 Å². The van der Waals surface area contributed by atoms with Gasteiger partial charge in [-0.1, -0.05) is 166 Å². The van der Waals surface area contributed by atoms with E-state index in [2.05, 4.69) is 215 Å². The van der Waals surface area contributed by atoms with Crippen LogP contribution in [-0.2, 0) is 43.3 Å². The molecule has 0 saturated heterocycles. The third-order valence-electron chi connectivity index (χ3n) is 12.9. The number of aromatic hydroxyl groups is 4. The van der Waals surface area contributed by atoms with E-state index in [0.717, 1.165) is 87.6 Å². The summed E-state index contributed by atoms with van der Waals surface area (Å²) < 4.78 is 0. The van der Waals surface area contributed by atoms with Crippen LogP contribution in [0.1, 0.15) is 211 Å². The molecule has 0 saturated carbocycles. The van der Waals surface area contributed by atoms with Crippen molar-refractivity contribution in [1.29, 1.82) is 0 Å². The van der Waals surface area contributed by atoms with Crippen LogP contribution in [0.5, 0.6) is 23.0 Å². The zero-order valence-electron chi connectivity index (χ0n) is 44.8. The van der Waals surface area contributed by atoms with Crippen molar-refractivity contribution >= 4 is 11.3 Å². The summed E-state index contributed by atoms with van der Waals surface area (Å²) in [6, 6.07) is 17.6. The Morgan fingerprint density at radius 1 is 0.246 bits per heavy atom. The van der Waals surface area contributed by atoms with Gasteiger partial charge >= 0.3 is 0 Å². The van der Waals surface area contributed by atoms with Gasteiger partial charge in [-0.25, -0.2) is 0 Å². The molecule has 354 valence electrons. The molecule has 65 heavy (non-hydrogen) atoms. The van der Waals surface area contributed by atoms with Crippen molar-refractivity contribution in [2.24, 2.45) is 0 Å². The largest absolute Gasteiger partial charge is 0.507 e. The van der Waals surface area contributed by atoms with Crippen LogP contribution in [0.15, 0.2) is 48.5 Å². The fraction of sp³-hybridized carbons (Fsp3) is 0.533. The van der Waals surface area contributed by atoms with Gasteiger partial charge in [0.2, 0.25) is 0 Å². The molecule has 1 aromatic heterocycles. The Morgan fingerprint density at radius 3 is 0.523 bits per heavy atom. The number of hydrogen-bond acceptors (Lipinski definition) is 5. The standard InChI is InChI=1S/C60H84O4S/c1-53(2,3)37-25-33(26-38(47(37)61)54(4,5)6)45-46(34-27-39(55(7,8)9)48(62)40(28-34)56(10,11)12)52(36-31-43(59(19,20)21)50(64)44(32-36)60(22,23)24)65-51(45)35-29-41(57(13,14)15)49(63)42(30-35)58(16,17)18/h25-32,61-64H,1-24H3. The number of benzene rings is 4. The van der Waals surface area contributed by atoms with Crippen LogP contribution in [0.3, 0.4) is 0 Å². The molecule has 4 N–H and O–H groups in total. The van der Waals surface area contributed by atoms with Crippen LogP contribution >= 0.6 is 11.3 Å². The smallest absolute Gasteiger partial charge is 0.123 e. The SMILES string of the molecule is CC(C)(C)c1cc(-c2sc(-c3cc(C(C)(C)C)c(O)c(C(C)(C)C)c3)c(-c3cc(C(C)(C)C)c(O)c(C(C)(C)C)c3)c2-c2cc(C(C)(C)C)c(O)c(C(C)(C)C)c2)cc(C(C)(C)C)c1O. The van der Waals surface area contributed by atoms with Crippen LogP contribution in [0.25, 0.3) is 43.1 Å². The van der Waals surface area contributed by atoms with E-state index in [1.54, 1.807) is 11.3 Å². The highest BCUT2D eigenvalue weighted by Gasteiger charge is 2.36. The maximum Gasteiger partial charge on any atom is 0.123 e. The lowest BCUT2D eigenvalue weighted by Crippen LogP contribution is -2.18. The molecule has 0 amide bonds. The predicted molar refractivity (Wildman–Crippen MR) is 282 cm³/mol. The highest BCUT2D eigenvalue weighted by Crippen LogP contribution is 2.58. The minimum absolute atomic E-state index is 0.319. The minimum Gasteiger partial charge on any atom is -0.507 e. The number of phenolic OH excluding ortho intramolecular Hbond substituents is 4. The molecular formula is C60H84O4S. The monoisotopic (exact) mass is 901 g/mol. The molecule has 0 aliphatic rings. The van der Waals surface area contributed by atoms with E-state index in [1.165, 1.54) is 0 Å². The topological polar surface area (TPSA) is 80.9 Å². The van der Waals surface area contributed by atoms with Gasteiger partial charge in [0, 0.05) is 65.4 Å². The quantitative estimate of drug-likeness (QED) is 0.145. The highest BCUT2D eigenvalue weighted by molar-refractivity contribution is 7.20. The number of phenols is 4. The summed E-state index contributed by atoms with van der Waals surface area (Å²) in [7, 11) is 0. The van der Waals surface area contributed by atoms with E-state index in [-0.39, 0.29) is 21.7 Å². The molecule has 5 rings (SSSR count). The number of hydrogen-bond donors (Lipinski definition) is 4. The van der Waals surface area contributed by atoms with Crippen molar-refractivity contribution in [2.75, 3.05) is 0 Å². The van der Waals surface area contributed by atoms with Crippen molar-refractivity contribution in [3.05, 3.63) is 93.0 Å². The van der Waals surface area contributed by atoms with Crippen LogP contribution in [0.4, 0.5) is 0 Å². The molecule has 0 spiro atoms. The van der Waals surface area contributed by atoms with Crippen LogP contribution in [-0.4, -0.2) is 20.4 Å². The van der Waals surface area contributed by atoms with E-state index in [1.807, 2.05) is 0 Å².